The number of amides is 1. The summed E-state index contributed by atoms with van der Waals surface area (Å²) in [5, 5.41) is 0. The number of ketones is 1. The molecule has 0 saturated carbocycles. The molecule has 0 fully saturated rings. The Bertz CT molecular complexity index is 163. The molecular weight excluding hydrogens is 142 g/mol. The molecule has 0 aliphatic rings. The van der Waals surface area contributed by atoms with Gasteiger partial charge >= 0.3 is 0 Å². The van der Waals surface area contributed by atoms with Gasteiger partial charge in [-0.15, -0.1) is 0 Å². The van der Waals surface area contributed by atoms with Crippen molar-refractivity contribution >= 4 is 11.7 Å². The van der Waals surface area contributed by atoms with E-state index in [1.807, 2.05) is 13.8 Å². The van der Waals surface area contributed by atoms with E-state index in [1.165, 1.54) is 0 Å². The summed E-state index contributed by atoms with van der Waals surface area (Å²) in [6, 6.07) is 0. The van der Waals surface area contributed by atoms with Crippen LogP contribution in [0.5, 0.6) is 0 Å². The molecule has 11 heavy (non-hydrogen) atoms. The minimum Gasteiger partial charge on any atom is -0.363 e. The third kappa shape index (κ3) is 3.75. The van der Waals surface area contributed by atoms with E-state index >= 15 is 0 Å². The molecule has 0 aromatic carbocycles. The Labute approximate surface area is 67.0 Å². The lowest BCUT2D eigenvalue weighted by Crippen LogP contribution is -2.29. The van der Waals surface area contributed by atoms with Crippen LogP contribution in [0.3, 0.4) is 0 Å². The van der Waals surface area contributed by atoms with Crippen molar-refractivity contribution in [3.05, 3.63) is 0 Å². The molecule has 3 heteroatoms. The van der Waals surface area contributed by atoms with Gasteiger partial charge in [-0.25, -0.2) is 0 Å². The standard InChI is InChI=1S/C8H15NO2/c1-5(2)4-6(3)7(10)8(9)11/h5-6H,4H2,1-3H3,(H2,9,11). The van der Waals surface area contributed by atoms with Crippen molar-refractivity contribution in [3.63, 3.8) is 0 Å². The number of hydrogen-bond donors (Lipinski definition) is 1. The third-order valence-electron chi connectivity index (χ3n) is 1.52. The molecule has 1 unspecified atom stereocenters. The second kappa shape index (κ2) is 4.11. The molecule has 0 saturated heterocycles. The van der Waals surface area contributed by atoms with E-state index in [1.54, 1.807) is 6.92 Å². The van der Waals surface area contributed by atoms with Crippen molar-refractivity contribution in [2.75, 3.05) is 0 Å². The van der Waals surface area contributed by atoms with Gasteiger partial charge in [-0.1, -0.05) is 20.8 Å². The monoisotopic (exact) mass is 157 g/mol. The highest BCUT2D eigenvalue weighted by atomic mass is 16.2. The van der Waals surface area contributed by atoms with Crippen molar-refractivity contribution in [2.24, 2.45) is 17.6 Å². The van der Waals surface area contributed by atoms with E-state index in [4.69, 9.17) is 5.73 Å². The maximum atomic E-state index is 10.9. The number of carbonyl (C=O) groups is 2. The van der Waals surface area contributed by atoms with E-state index < -0.39 is 11.7 Å². The highest BCUT2D eigenvalue weighted by Gasteiger charge is 2.18. The summed E-state index contributed by atoms with van der Waals surface area (Å²) in [6.45, 7) is 5.74. The van der Waals surface area contributed by atoms with Crippen LogP contribution in [0.15, 0.2) is 0 Å². The lowest BCUT2D eigenvalue weighted by Gasteiger charge is -2.09. The Hall–Kier alpha value is -0.860. The van der Waals surface area contributed by atoms with Crippen LogP contribution < -0.4 is 5.73 Å². The maximum Gasteiger partial charge on any atom is 0.285 e. The predicted octanol–water partition coefficient (Wildman–Crippen LogP) is 0.723. The molecule has 64 valence electrons. The zero-order valence-corrected chi connectivity index (χ0v) is 7.26. The maximum absolute atomic E-state index is 10.9. The summed E-state index contributed by atoms with van der Waals surface area (Å²) >= 11 is 0. The molecule has 0 aromatic heterocycles. The quantitative estimate of drug-likeness (QED) is 0.611. The van der Waals surface area contributed by atoms with Crippen LogP contribution in [0.2, 0.25) is 0 Å². The van der Waals surface area contributed by atoms with Gasteiger partial charge in [0.1, 0.15) is 0 Å². The first-order valence-electron chi connectivity index (χ1n) is 3.78. The number of primary amides is 1. The summed E-state index contributed by atoms with van der Waals surface area (Å²) < 4.78 is 0. The Kier molecular flexibility index (Phi) is 3.79. The summed E-state index contributed by atoms with van der Waals surface area (Å²) in [5.41, 5.74) is 4.82. The van der Waals surface area contributed by atoms with Gasteiger partial charge in [0.05, 0.1) is 0 Å². The molecule has 0 spiro atoms. The number of Topliss-reactive ketones (excluding diaryl/α,β-unsaturated/α-hetero) is 1. The van der Waals surface area contributed by atoms with Crippen LogP contribution in [0, 0.1) is 11.8 Å². The highest BCUT2D eigenvalue weighted by molar-refractivity contribution is 6.36. The Morgan fingerprint density at radius 1 is 1.27 bits per heavy atom. The molecule has 0 rings (SSSR count). The van der Waals surface area contributed by atoms with Crippen molar-refractivity contribution in [1.82, 2.24) is 0 Å². The van der Waals surface area contributed by atoms with Crippen molar-refractivity contribution in [2.45, 2.75) is 27.2 Å². The van der Waals surface area contributed by atoms with Gasteiger partial charge in [-0.05, 0) is 12.3 Å². The van der Waals surface area contributed by atoms with E-state index in [0.29, 0.717) is 5.92 Å². The van der Waals surface area contributed by atoms with Crippen LogP contribution in [-0.4, -0.2) is 11.7 Å². The average Bonchev–Trinajstić information content (AvgIpc) is 1.84. The lowest BCUT2D eigenvalue weighted by molar-refractivity contribution is -0.138. The molecule has 0 aliphatic heterocycles. The lowest BCUT2D eigenvalue weighted by atomic mass is 9.95. The fourth-order valence-electron chi connectivity index (χ4n) is 1.06. The summed E-state index contributed by atoms with van der Waals surface area (Å²) in [4.78, 5) is 21.3. The Morgan fingerprint density at radius 2 is 1.73 bits per heavy atom. The summed E-state index contributed by atoms with van der Waals surface area (Å²) in [7, 11) is 0. The first kappa shape index (κ1) is 10.1. The topological polar surface area (TPSA) is 60.2 Å². The summed E-state index contributed by atoms with van der Waals surface area (Å²) in [6.07, 6.45) is 0.724. The summed E-state index contributed by atoms with van der Waals surface area (Å²) in [5.74, 6) is -1.09. The largest absolute Gasteiger partial charge is 0.363 e. The van der Waals surface area contributed by atoms with Gasteiger partial charge in [-0.3, -0.25) is 9.59 Å². The van der Waals surface area contributed by atoms with Gasteiger partial charge in [0, 0.05) is 5.92 Å². The SMILES string of the molecule is CC(C)CC(C)C(=O)C(N)=O. The molecule has 3 nitrogen and oxygen atoms in total. The van der Waals surface area contributed by atoms with E-state index in [-0.39, 0.29) is 5.92 Å². The normalized spacial score (nSPS) is 13.1. The molecule has 2 N–H and O–H groups in total. The van der Waals surface area contributed by atoms with Crippen LogP contribution in [0.1, 0.15) is 27.2 Å². The van der Waals surface area contributed by atoms with Gasteiger partial charge < -0.3 is 5.73 Å². The van der Waals surface area contributed by atoms with Crippen LogP contribution in [0.4, 0.5) is 0 Å². The van der Waals surface area contributed by atoms with E-state index in [2.05, 4.69) is 0 Å². The third-order valence-corrected chi connectivity index (χ3v) is 1.52. The first-order chi connectivity index (χ1) is 4.95. The highest BCUT2D eigenvalue weighted by Crippen LogP contribution is 2.11. The second-order valence-corrected chi connectivity index (χ2v) is 3.26. The molecule has 0 aromatic rings. The van der Waals surface area contributed by atoms with E-state index in [9.17, 15) is 9.59 Å². The minimum absolute atomic E-state index is 0.229. The van der Waals surface area contributed by atoms with Gasteiger partial charge in [0.25, 0.3) is 5.91 Å². The molecule has 0 radical (unpaired) electrons. The van der Waals surface area contributed by atoms with Gasteiger partial charge in [0.2, 0.25) is 5.78 Å². The Balaban J connectivity index is 3.93. The molecular formula is C8H15NO2. The fraction of sp³-hybridized carbons (Fsp3) is 0.750. The predicted molar refractivity (Wildman–Crippen MR) is 42.8 cm³/mol. The first-order valence-corrected chi connectivity index (χ1v) is 3.78. The van der Waals surface area contributed by atoms with Crippen molar-refractivity contribution in [3.8, 4) is 0 Å². The van der Waals surface area contributed by atoms with E-state index in [0.717, 1.165) is 6.42 Å². The number of carbonyl (C=O) groups excluding carboxylic acids is 2. The number of hydrogen-bond acceptors (Lipinski definition) is 2. The van der Waals surface area contributed by atoms with Crippen LogP contribution >= 0.6 is 0 Å². The second-order valence-electron chi connectivity index (χ2n) is 3.26. The van der Waals surface area contributed by atoms with Crippen LogP contribution in [-0.2, 0) is 9.59 Å². The zero-order chi connectivity index (χ0) is 9.02. The number of rotatable bonds is 4. The molecule has 0 aliphatic carbocycles. The molecule has 0 bridgehead atoms. The average molecular weight is 157 g/mol. The van der Waals surface area contributed by atoms with Crippen molar-refractivity contribution < 1.29 is 9.59 Å². The van der Waals surface area contributed by atoms with Gasteiger partial charge in [0.15, 0.2) is 0 Å². The van der Waals surface area contributed by atoms with Crippen molar-refractivity contribution in [1.29, 1.82) is 0 Å². The number of nitrogens with two attached hydrogens (primary N) is 1. The smallest absolute Gasteiger partial charge is 0.285 e. The fourth-order valence-corrected chi connectivity index (χ4v) is 1.06. The Morgan fingerprint density at radius 3 is 2.00 bits per heavy atom. The molecule has 1 atom stereocenters. The molecule has 1 amide bonds. The van der Waals surface area contributed by atoms with Gasteiger partial charge in [-0.2, -0.15) is 0 Å². The van der Waals surface area contributed by atoms with Crippen LogP contribution in [0.25, 0.3) is 0 Å². The zero-order valence-electron chi connectivity index (χ0n) is 7.26. The minimum atomic E-state index is -0.821. The molecule has 0 heterocycles.